The van der Waals surface area contributed by atoms with Crippen LogP contribution in [0.2, 0.25) is 0 Å². The van der Waals surface area contributed by atoms with E-state index in [-0.39, 0.29) is 30.4 Å². The Kier molecular flexibility index (Phi) is 6.97. The molecule has 2 aromatic carbocycles. The molecule has 0 atom stereocenters. The molecular formula is C23H25N3O3S. The van der Waals surface area contributed by atoms with Crippen LogP contribution in [0.3, 0.4) is 0 Å². The van der Waals surface area contributed by atoms with Gasteiger partial charge in [0.05, 0.1) is 23.7 Å². The van der Waals surface area contributed by atoms with Crippen LogP contribution in [0.4, 0.5) is 0 Å². The van der Waals surface area contributed by atoms with Gasteiger partial charge in [-0.3, -0.25) is 9.78 Å². The molecule has 0 unspecified atom stereocenters. The lowest BCUT2D eigenvalue weighted by Crippen LogP contribution is -2.40. The van der Waals surface area contributed by atoms with E-state index in [0.29, 0.717) is 5.69 Å². The Morgan fingerprint density at radius 1 is 0.967 bits per heavy atom. The van der Waals surface area contributed by atoms with Crippen molar-refractivity contribution in [3.8, 4) is 0 Å². The predicted molar refractivity (Wildman–Crippen MR) is 116 cm³/mol. The Morgan fingerprint density at radius 3 is 2.40 bits per heavy atom. The van der Waals surface area contributed by atoms with Gasteiger partial charge in [-0.05, 0) is 43.7 Å². The molecule has 0 fully saturated rings. The quantitative estimate of drug-likeness (QED) is 0.603. The lowest BCUT2D eigenvalue weighted by molar-refractivity contribution is -0.121. The molecule has 0 spiro atoms. The van der Waals surface area contributed by atoms with E-state index in [4.69, 9.17) is 0 Å². The van der Waals surface area contributed by atoms with E-state index in [2.05, 4.69) is 10.3 Å². The fourth-order valence-electron chi connectivity index (χ4n) is 3.01. The van der Waals surface area contributed by atoms with Gasteiger partial charge in [0.15, 0.2) is 0 Å². The van der Waals surface area contributed by atoms with E-state index in [0.717, 1.165) is 16.7 Å². The summed E-state index contributed by atoms with van der Waals surface area (Å²) in [5.74, 6) is -0.385. The maximum absolute atomic E-state index is 13.3. The van der Waals surface area contributed by atoms with Gasteiger partial charge in [-0.1, -0.05) is 53.6 Å². The van der Waals surface area contributed by atoms with Crippen LogP contribution in [0.25, 0.3) is 0 Å². The van der Waals surface area contributed by atoms with Crippen LogP contribution >= 0.6 is 0 Å². The molecule has 7 heteroatoms. The number of sulfonamides is 1. The summed E-state index contributed by atoms with van der Waals surface area (Å²) in [7, 11) is -3.85. The van der Waals surface area contributed by atoms with E-state index in [1.165, 1.54) is 4.31 Å². The minimum Gasteiger partial charge on any atom is -0.349 e. The maximum atomic E-state index is 13.3. The SMILES string of the molecule is Cc1ccc(S(=O)(=O)N(CC(=O)NCc2ccccn2)Cc2cccc(C)c2)cc1. The molecule has 0 saturated carbocycles. The molecule has 0 aliphatic rings. The van der Waals surface area contributed by atoms with Crippen molar-refractivity contribution < 1.29 is 13.2 Å². The number of pyridine rings is 1. The van der Waals surface area contributed by atoms with Gasteiger partial charge in [-0.15, -0.1) is 0 Å². The van der Waals surface area contributed by atoms with Gasteiger partial charge < -0.3 is 5.32 Å². The summed E-state index contributed by atoms with van der Waals surface area (Å²) >= 11 is 0. The van der Waals surface area contributed by atoms with Crippen LogP contribution < -0.4 is 5.32 Å². The first-order chi connectivity index (χ1) is 14.3. The number of benzene rings is 2. The minimum absolute atomic E-state index is 0.106. The second kappa shape index (κ2) is 9.65. The molecule has 0 saturated heterocycles. The third kappa shape index (κ3) is 5.75. The van der Waals surface area contributed by atoms with E-state index in [1.807, 2.05) is 44.2 Å². The first-order valence-electron chi connectivity index (χ1n) is 9.63. The van der Waals surface area contributed by atoms with Crippen LogP contribution in [0.5, 0.6) is 0 Å². The predicted octanol–water partition coefficient (Wildman–Crippen LogP) is 3.21. The number of nitrogens with one attached hydrogen (secondary N) is 1. The second-order valence-corrected chi connectivity index (χ2v) is 9.11. The van der Waals surface area contributed by atoms with Crippen LogP contribution in [0.1, 0.15) is 22.4 Å². The Bertz CT molecular complexity index is 1100. The number of carbonyl (C=O) groups is 1. The first-order valence-corrected chi connectivity index (χ1v) is 11.1. The van der Waals surface area contributed by atoms with Gasteiger partial charge in [0, 0.05) is 12.7 Å². The number of nitrogens with zero attached hydrogens (tertiary/aromatic N) is 2. The summed E-state index contributed by atoms with van der Waals surface area (Å²) in [6.07, 6.45) is 1.65. The molecule has 0 bridgehead atoms. The monoisotopic (exact) mass is 423 g/mol. The summed E-state index contributed by atoms with van der Waals surface area (Å²) in [5.41, 5.74) is 3.52. The van der Waals surface area contributed by atoms with Crippen molar-refractivity contribution in [2.45, 2.75) is 31.8 Å². The summed E-state index contributed by atoms with van der Waals surface area (Å²) < 4.78 is 27.8. The number of hydrogen-bond acceptors (Lipinski definition) is 4. The van der Waals surface area contributed by atoms with Gasteiger partial charge in [0.2, 0.25) is 15.9 Å². The molecule has 0 radical (unpaired) electrons. The molecule has 1 N–H and O–H groups in total. The third-order valence-electron chi connectivity index (χ3n) is 4.61. The van der Waals surface area contributed by atoms with E-state index in [9.17, 15) is 13.2 Å². The van der Waals surface area contributed by atoms with Gasteiger partial charge in [-0.2, -0.15) is 4.31 Å². The lowest BCUT2D eigenvalue weighted by atomic mass is 10.1. The van der Waals surface area contributed by atoms with E-state index >= 15 is 0 Å². The average Bonchev–Trinajstić information content (AvgIpc) is 2.73. The summed E-state index contributed by atoms with van der Waals surface area (Å²) in [6, 6.07) is 19.7. The zero-order valence-electron chi connectivity index (χ0n) is 17.1. The first kappa shape index (κ1) is 21.7. The number of amides is 1. The Balaban J connectivity index is 1.81. The highest BCUT2D eigenvalue weighted by Gasteiger charge is 2.27. The van der Waals surface area contributed by atoms with Crippen molar-refractivity contribution >= 4 is 15.9 Å². The standard InChI is InChI=1S/C23H25N3O3S/c1-18-9-11-22(12-10-18)30(28,29)26(16-20-7-5-6-19(2)14-20)17-23(27)25-15-21-8-3-4-13-24-21/h3-14H,15-17H2,1-2H3,(H,25,27). The molecule has 3 rings (SSSR count). The lowest BCUT2D eigenvalue weighted by Gasteiger charge is -2.22. The molecule has 1 amide bonds. The van der Waals surface area contributed by atoms with E-state index in [1.54, 1.807) is 42.6 Å². The molecule has 156 valence electrons. The van der Waals surface area contributed by atoms with E-state index < -0.39 is 10.0 Å². The molecule has 6 nitrogen and oxygen atoms in total. The van der Waals surface area contributed by atoms with Crippen molar-refractivity contribution in [3.05, 3.63) is 95.3 Å². The normalized spacial score (nSPS) is 11.4. The van der Waals surface area contributed by atoms with Gasteiger partial charge in [-0.25, -0.2) is 8.42 Å². The number of hydrogen-bond donors (Lipinski definition) is 1. The van der Waals surface area contributed by atoms with Crippen LogP contribution in [-0.4, -0.2) is 30.2 Å². The highest BCUT2D eigenvalue weighted by atomic mass is 32.2. The minimum atomic E-state index is -3.85. The molecule has 1 heterocycles. The number of aryl methyl sites for hydroxylation is 2. The Morgan fingerprint density at radius 2 is 1.73 bits per heavy atom. The topological polar surface area (TPSA) is 79.4 Å². The zero-order chi connectivity index (χ0) is 21.6. The summed E-state index contributed by atoms with van der Waals surface area (Å²) in [5, 5.41) is 2.75. The van der Waals surface area contributed by atoms with Crippen molar-refractivity contribution in [1.29, 1.82) is 0 Å². The fourth-order valence-corrected chi connectivity index (χ4v) is 4.39. The molecule has 30 heavy (non-hydrogen) atoms. The van der Waals surface area contributed by atoms with Crippen LogP contribution in [0, 0.1) is 13.8 Å². The van der Waals surface area contributed by atoms with Crippen molar-refractivity contribution in [2.75, 3.05) is 6.54 Å². The number of aromatic nitrogens is 1. The highest BCUT2D eigenvalue weighted by molar-refractivity contribution is 7.89. The Hall–Kier alpha value is -3.03. The molecule has 0 aliphatic heterocycles. The second-order valence-electron chi connectivity index (χ2n) is 7.17. The number of rotatable bonds is 8. The highest BCUT2D eigenvalue weighted by Crippen LogP contribution is 2.19. The zero-order valence-corrected chi connectivity index (χ0v) is 17.9. The van der Waals surface area contributed by atoms with Crippen LogP contribution in [-0.2, 0) is 27.9 Å². The number of carbonyl (C=O) groups excluding carboxylic acids is 1. The Labute approximate surface area is 177 Å². The summed E-state index contributed by atoms with van der Waals surface area (Å²) in [6.45, 7) is 3.91. The molecule has 1 aromatic heterocycles. The molecular weight excluding hydrogens is 398 g/mol. The van der Waals surface area contributed by atoms with Crippen LogP contribution in [0.15, 0.2) is 77.8 Å². The largest absolute Gasteiger partial charge is 0.349 e. The van der Waals surface area contributed by atoms with Crippen molar-refractivity contribution in [2.24, 2.45) is 0 Å². The average molecular weight is 424 g/mol. The summed E-state index contributed by atoms with van der Waals surface area (Å²) in [4.78, 5) is 16.9. The third-order valence-corrected chi connectivity index (χ3v) is 6.42. The van der Waals surface area contributed by atoms with Crippen molar-refractivity contribution in [1.82, 2.24) is 14.6 Å². The van der Waals surface area contributed by atoms with Gasteiger partial charge in [0.25, 0.3) is 0 Å². The van der Waals surface area contributed by atoms with Crippen molar-refractivity contribution in [3.63, 3.8) is 0 Å². The van der Waals surface area contributed by atoms with Gasteiger partial charge in [0.1, 0.15) is 0 Å². The smallest absolute Gasteiger partial charge is 0.243 e. The maximum Gasteiger partial charge on any atom is 0.243 e. The molecule has 3 aromatic rings. The fraction of sp³-hybridized carbons (Fsp3) is 0.217. The molecule has 0 aliphatic carbocycles. The van der Waals surface area contributed by atoms with Gasteiger partial charge >= 0.3 is 0 Å².